The molecule has 0 saturated heterocycles. The molecule has 0 saturated carbocycles. The van der Waals surface area contributed by atoms with Gasteiger partial charge in [-0.15, -0.1) is 0 Å². The molecule has 0 bridgehead atoms. The molecule has 17 heavy (non-hydrogen) atoms. The van der Waals surface area contributed by atoms with Crippen LogP contribution in [-0.4, -0.2) is 4.98 Å². The standard InChI is InChI=1S/C12H8Br2ClNO/c1-7-4-9(2-3-10(7)13)17-12-11(14)5-8(15)6-16-12/h2-6H,1H3. The summed E-state index contributed by atoms with van der Waals surface area (Å²) in [5.41, 5.74) is 1.10. The van der Waals surface area contributed by atoms with Crippen molar-refractivity contribution in [2.75, 3.05) is 0 Å². The third kappa shape index (κ3) is 3.21. The summed E-state index contributed by atoms with van der Waals surface area (Å²) < 4.78 is 7.44. The number of pyridine rings is 1. The molecule has 5 heteroatoms. The fraction of sp³-hybridized carbons (Fsp3) is 0.0833. The predicted molar refractivity (Wildman–Crippen MR) is 75.9 cm³/mol. The van der Waals surface area contributed by atoms with E-state index in [-0.39, 0.29) is 0 Å². The number of nitrogens with zero attached hydrogens (tertiary/aromatic N) is 1. The lowest BCUT2D eigenvalue weighted by atomic mass is 10.2. The fourth-order valence-corrected chi connectivity index (χ4v) is 2.24. The third-order valence-corrected chi connectivity index (χ3v) is 3.78. The lowest BCUT2D eigenvalue weighted by Gasteiger charge is -2.08. The first kappa shape index (κ1) is 12.9. The molecule has 1 aromatic carbocycles. The number of halogens is 3. The Balaban J connectivity index is 2.28. The highest BCUT2D eigenvalue weighted by molar-refractivity contribution is 9.10. The van der Waals surface area contributed by atoms with Crippen molar-refractivity contribution >= 4 is 43.5 Å². The van der Waals surface area contributed by atoms with Crippen molar-refractivity contribution in [1.82, 2.24) is 4.98 Å². The van der Waals surface area contributed by atoms with Gasteiger partial charge in [-0.2, -0.15) is 0 Å². The Bertz CT molecular complexity index is 560. The molecule has 1 heterocycles. The molecule has 0 N–H and O–H groups in total. The number of rotatable bonds is 2. The van der Waals surface area contributed by atoms with E-state index in [1.54, 1.807) is 12.3 Å². The average Bonchev–Trinajstić information content (AvgIpc) is 2.27. The highest BCUT2D eigenvalue weighted by atomic mass is 79.9. The van der Waals surface area contributed by atoms with E-state index in [0.717, 1.165) is 20.3 Å². The highest BCUT2D eigenvalue weighted by Gasteiger charge is 2.06. The molecule has 0 aliphatic rings. The number of hydrogen-bond acceptors (Lipinski definition) is 2. The van der Waals surface area contributed by atoms with Crippen molar-refractivity contribution < 1.29 is 4.74 Å². The lowest BCUT2D eigenvalue weighted by molar-refractivity contribution is 0.459. The van der Waals surface area contributed by atoms with Crippen LogP contribution in [0, 0.1) is 6.92 Å². The Labute approximate surface area is 121 Å². The Morgan fingerprint density at radius 3 is 2.59 bits per heavy atom. The van der Waals surface area contributed by atoms with Crippen LogP contribution in [0.25, 0.3) is 0 Å². The van der Waals surface area contributed by atoms with Crippen molar-refractivity contribution in [2.24, 2.45) is 0 Å². The predicted octanol–water partition coefficient (Wildman–Crippen LogP) is 5.36. The van der Waals surface area contributed by atoms with E-state index >= 15 is 0 Å². The summed E-state index contributed by atoms with van der Waals surface area (Å²) in [4.78, 5) is 4.11. The molecular weight excluding hydrogens is 369 g/mol. The minimum Gasteiger partial charge on any atom is -0.438 e. The van der Waals surface area contributed by atoms with Gasteiger partial charge in [0.1, 0.15) is 5.75 Å². The van der Waals surface area contributed by atoms with E-state index in [1.165, 1.54) is 0 Å². The second-order valence-electron chi connectivity index (χ2n) is 3.45. The number of aromatic nitrogens is 1. The van der Waals surface area contributed by atoms with Crippen molar-refractivity contribution in [3.05, 3.63) is 50.0 Å². The molecule has 0 unspecified atom stereocenters. The number of hydrogen-bond donors (Lipinski definition) is 0. The van der Waals surface area contributed by atoms with E-state index in [9.17, 15) is 0 Å². The summed E-state index contributed by atoms with van der Waals surface area (Å²) in [6.07, 6.45) is 1.55. The molecule has 0 spiro atoms. The van der Waals surface area contributed by atoms with Gasteiger partial charge >= 0.3 is 0 Å². The molecule has 88 valence electrons. The first-order valence-electron chi connectivity index (χ1n) is 4.81. The van der Waals surface area contributed by atoms with Gasteiger partial charge in [0.15, 0.2) is 0 Å². The topological polar surface area (TPSA) is 22.1 Å². The van der Waals surface area contributed by atoms with Crippen molar-refractivity contribution in [1.29, 1.82) is 0 Å². The summed E-state index contributed by atoms with van der Waals surface area (Å²) in [5.74, 6) is 1.23. The smallest absolute Gasteiger partial charge is 0.233 e. The van der Waals surface area contributed by atoms with Crippen LogP contribution in [0.15, 0.2) is 39.4 Å². The molecule has 0 aliphatic carbocycles. The van der Waals surface area contributed by atoms with Gasteiger partial charge in [0.2, 0.25) is 5.88 Å². The molecule has 0 radical (unpaired) electrons. The summed E-state index contributed by atoms with van der Waals surface area (Å²) >= 11 is 12.6. The number of ether oxygens (including phenoxy) is 1. The van der Waals surface area contributed by atoms with Crippen LogP contribution >= 0.6 is 43.5 Å². The van der Waals surface area contributed by atoms with E-state index in [0.29, 0.717) is 10.9 Å². The second-order valence-corrected chi connectivity index (χ2v) is 5.60. The van der Waals surface area contributed by atoms with Crippen LogP contribution < -0.4 is 4.74 Å². The van der Waals surface area contributed by atoms with Crippen molar-refractivity contribution in [2.45, 2.75) is 6.92 Å². The molecule has 2 aromatic rings. The van der Waals surface area contributed by atoms with Crippen LogP contribution in [0.5, 0.6) is 11.6 Å². The molecule has 0 aliphatic heterocycles. The minimum absolute atomic E-state index is 0.496. The largest absolute Gasteiger partial charge is 0.438 e. The van der Waals surface area contributed by atoms with Crippen LogP contribution in [0.2, 0.25) is 5.02 Å². The van der Waals surface area contributed by atoms with Crippen LogP contribution in [0.4, 0.5) is 0 Å². The molecule has 2 rings (SSSR count). The molecule has 1 aromatic heterocycles. The molecule has 0 atom stereocenters. The fourth-order valence-electron chi connectivity index (χ4n) is 1.27. The monoisotopic (exact) mass is 375 g/mol. The maximum absolute atomic E-state index is 5.81. The first-order chi connectivity index (χ1) is 8.06. The Morgan fingerprint density at radius 2 is 1.94 bits per heavy atom. The normalized spacial score (nSPS) is 10.4. The Hall–Kier alpha value is -0.580. The zero-order chi connectivity index (χ0) is 12.4. The van der Waals surface area contributed by atoms with E-state index in [4.69, 9.17) is 16.3 Å². The molecule has 0 fully saturated rings. The minimum atomic E-state index is 0.496. The molecular formula is C12H8Br2ClNO. The van der Waals surface area contributed by atoms with Gasteiger partial charge in [-0.05, 0) is 52.7 Å². The lowest BCUT2D eigenvalue weighted by Crippen LogP contribution is -1.89. The van der Waals surface area contributed by atoms with Gasteiger partial charge in [-0.25, -0.2) is 4.98 Å². The Kier molecular flexibility index (Phi) is 4.07. The molecule has 2 nitrogen and oxygen atoms in total. The van der Waals surface area contributed by atoms with Crippen LogP contribution in [0.1, 0.15) is 5.56 Å². The number of benzene rings is 1. The summed E-state index contributed by atoms with van der Waals surface area (Å²) in [6.45, 7) is 2.00. The quantitative estimate of drug-likeness (QED) is 0.703. The summed E-state index contributed by atoms with van der Waals surface area (Å²) in [5, 5.41) is 0.566. The van der Waals surface area contributed by atoms with E-state index in [2.05, 4.69) is 36.8 Å². The van der Waals surface area contributed by atoms with Crippen molar-refractivity contribution in [3.8, 4) is 11.6 Å². The zero-order valence-corrected chi connectivity index (χ0v) is 12.8. The van der Waals surface area contributed by atoms with Crippen LogP contribution in [0.3, 0.4) is 0 Å². The summed E-state index contributed by atoms with van der Waals surface area (Å²) in [7, 11) is 0. The Morgan fingerprint density at radius 1 is 1.18 bits per heavy atom. The second kappa shape index (κ2) is 5.38. The van der Waals surface area contributed by atoms with Crippen LogP contribution in [-0.2, 0) is 0 Å². The van der Waals surface area contributed by atoms with Gasteiger partial charge in [-0.3, -0.25) is 0 Å². The van der Waals surface area contributed by atoms with Gasteiger partial charge in [0.25, 0.3) is 0 Å². The average molecular weight is 377 g/mol. The van der Waals surface area contributed by atoms with E-state index in [1.807, 2.05) is 25.1 Å². The van der Waals surface area contributed by atoms with E-state index < -0.39 is 0 Å². The van der Waals surface area contributed by atoms with Gasteiger partial charge in [-0.1, -0.05) is 27.5 Å². The highest BCUT2D eigenvalue weighted by Crippen LogP contribution is 2.30. The first-order valence-corrected chi connectivity index (χ1v) is 6.78. The third-order valence-electron chi connectivity index (χ3n) is 2.12. The van der Waals surface area contributed by atoms with Gasteiger partial charge in [0, 0.05) is 10.7 Å². The van der Waals surface area contributed by atoms with Crippen molar-refractivity contribution in [3.63, 3.8) is 0 Å². The summed E-state index contributed by atoms with van der Waals surface area (Å²) in [6, 6.07) is 7.50. The molecule has 0 amide bonds. The number of aryl methyl sites for hydroxylation is 1. The maximum Gasteiger partial charge on any atom is 0.233 e. The maximum atomic E-state index is 5.81. The van der Waals surface area contributed by atoms with Gasteiger partial charge in [0.05, 0.1) is 9.50 Å². The zero-order valence-electron chi connectivity index (χ0n) is 8.88. The SMILES string of the molecule is Cc1cc(Oc2ncc(Cl)cc2Br)ccc1Br. The van der Waals surface area contributed by atoms with Gasteiger partial charge < -0.3 is 4.74 Å².